The second-order valence-corrected chi connectivity index (χ2v) is 11.4. The Kier molecular flexibility index (Phi) is 11.4. The van der Waals surface area contributed by atoms with Crippen molar-refractivity contribution in [3.05, 3.63) is 178 Å². The molecule has 0 spiro atoms. The summed E-state index contributed by atoms with van der Waals surface area (Å²) in [5.74, 6) is 0. The summed E-state index contributed by atoms with van der Waals surface area (Å²) in [6, 6.07) is 27.3. The molecule has 0 aliphatic rings. The zero-order valence-electron chi connectivity index (χ0n) is 28.3. The number of hydrogen-bond donors (Lipinski definition) is 0. The molecule has 264 valence electrons. The van der Waals surface area contributed by atoms with Crippen LogP contribution >= 0.6 is 11.3 Å². The first-order chi connectivity index (χ1) is 26.8. The molecule has 0 atom stereocenters. The Balaban J connectivity index is 0.0000001000. The third kappa shape index (κ3) is 9.27. The van der Waals surface area contributed by atoms with Crippen LogP contribution in [-0.2, 0) is 0 Å². The summed E-state index contributed by atoms with van der Waals surface area (Å²) >= 11 is 1.68. The molecule has 17 nitrogen and oxygen atoms in total. The fraction of sp³-hybridized carbons (Fsp3) is 0. The fourth-order valence-corrected chi connectivity index (χ4v) is 5.23. The van der Waals surface area contributed by atoms with Crippen molar-refractivity contribution in [2.75, 3.05) is 0 Å². The minimum absolute atomic E-state index is 0.775. The first kappa shape index (κ1) is 34.6. The Morgan fingerprint density at radius 1 is 0.407 bits per heavy atom. The minimum Gasteiger partial charge on any atom is -0.307 e. The topological polar surface area (TPSA) is 177 Å². The van der Waals surface area contributed by atoms with Gasteiger partial charge in [-0.1, -0.05) is 24.3 Å². The number of thiazole rings is 1. The van der Waals surface area contributed by atoms with Crippen LogP contribution in [-0.4, -0.2) is 83.0 Å². The lowest BCUT2D eigenvalue weighted by Gasteiger charge is -1.86. The van der Waals surface area contributed by atoms with E-state index in [1.54, 1.807) is 68.3 Å². The van der Waals surface area contributed by atoms with Gasteiger partial charge in [-0.3, -0.25) is 4.98 Å². The molecule has 12 aromatic rings. The number of pyridine rings is 2. The molecule has 18 heteroatoms. The lowest BCUT2D eigenvalue weighted by Crippen LogP contribution is -1.89. The maximum Gasteiger partial charge on any atom is 0.175 e. The Morgan fingerprint density at radius 3 is 1.85 bits per heavy atom. The smallest absolute Gasteiger partial charge is 0.175 e. The van der Waals surface area contributed by atoms with Gasteiger partial charge in [0.15, 0.2) is 22.6 Å². The molecule has 11 heterocycles. The second-order valence-electron chi connectivity index (χ2n) is 10.5. The standard InChI is InChI=1S/C7H6N2.C7H5NS.2C6H5N3.2C5H4N4/c1-2-5-9-6-4-8-7(9)3-1;1-2-4-7-6(3-1)8-5-9-7;1-2-6-7-4-5-9(6)8-3-1;1-2-4-9-6(3-1)7-5-8-9;1-2-9-5(3-6-1)7-4-8-9;1-2-5-6-4-8-9(5)7-3-1/h1-6H;3*1-5H;2*1-4H. The molecule has 0 N–H and O–H groups in total. The highest BCUT2D eigenvalue weighted by molar-refractivity contribution is 7.16. The molecule has 54 heavy (non-hydrogen) atoms. The molecule has 0 radical (unpaired) electrons. The number of benzene rings is 1. The molecule has 11 aromatic heterocycles. The molecule has 0 aliphatic carbocycles. The Hall–Kier alpha value is -7.86. The Bertz CT molecular complexity index is 2210. The van der Waals surface area contributed by atoms with E-state index in [-0.39, 0.29) is 0 Å². The number of para-hydroxylation sites is 1. The van der Waals surface area contributed by atoms with Crippen LogP contribution in [0.3, 0.4) is 0 Å². The van der Waals surface area contributed by atoms with Crippen LogP contribution in [0.15, 0.2) is 178 Å². The van der Waals surface area contributed by atoms with Gasteiger partial charge in [-0.05, 0) is 60.7 Å². The van der Waals surface area contributed by atoms with Gasteiger partial charge in [-0.15, -0.1) is 21.1 Å². The number of hydrogen-bond acceptors (Lipinski definition) is 13. The summed E-state index contributed by atoms with van der Waals surface area (Å²) in [4.78, 5) is 27.9. The van der Waals surface area contributed by atoms with Gasteiger partial charge in [-0.2, -0.15) is 20.4 Å². The minimum atomic E-state index is 0.775. The summed E-state index contributed by atoms with van der Waals surface area (Å²) in [7, 11) is 0. The van der Waals surface area contributed by atoms with Crippen molar-refractivity contribution in [3.63, 3.8) is 0 Å². The third-order valence-electron chi connectivity index (χ3n) is 7.04. The van der Waals surface area contributed by atoms with Gasteiger partial charge in [0.25, 0.3) is 0 Å². The molecule has 0 amide bonds. The predicted octanol–water partition coefficient (Wildman–Crippen LogP) is 5.34. The molecule has 0 aliphatic heterocycles. The molecule has 12 rings (SSSR count). The average molecular weight is 732 g/mol. The molecule has 0 saturated carbocycles. The monoisotopic (exact) mass is 731 g/mol. The van der Waals surface area contributed by atoms with E-state index in [9.17, 15) is 0 Å². The molecule has 0 unspecified atom stereocenters. The van der Waals surface area contributed by atoms with E-state index in [1.807, 2.05) is 114 Å². The quantitative estimate of drug-likeness (QED) is 0.196. The molecular formula is C36H29N17S. The summed E-state index contributed by atoms with van der Waals surface area (Å²) in [6.07, 6.45) is 24.1. The van der Waals surface area contributed by atoms with Crippen molar-refractivity contribution < 1.29 is 0 Å². The van der Waals surface area contributed by atoms with Gasteiger partial charge in [0.2, 0.25) is 0 Å². The van der Waals surface area contributed by atoms with Crippen molar-refractivity contribution in [1.82, 2.24) is 83.0 Å². The van der Waals surface area contributed by atoms with Crippen LogP contribution in [0.4, 0.5) is 0 Å². The SMILES string of the molecule is c1ccc2scnc2c1.c1ccn2ccnc2c1.c1ccn2ncnc2c1.c1cn2ncnc2cn1.c1cnn2ccnc2c1.c1cnn2ncnc2c1. The zero-order chi connectivity index (χ0) is 36.6. The maximum atomic E-state index is 4.14. The van der Waals surface area contributed by atoms with Crippen LogP contribution in [0.2, 0.25) is 0 Å². The van der Waals surface area contributed by atoms with Crippen molar-refractivity contribution >= 4 is 49.8 Å². The first-order valence-electron chi connectivity index (χ1n) is 16.2. The first-order valence-corrected chi connectivity index (χ1v) is 17.0. The third-order valence-corrected chi connectivity index (χ3v) is 7.85. The Labute approximate surface area is 309 Å². The molecule has 1 aromatic carbocycles. The van der Waals surface area contributed by atoms with Crippen molar-refractivity contribution in [1.29, 1.82) is 0 Å². The molecule has 0 bridgehead atoms. The van der Waals surface area contributed by atoms with Gasteiger partial charge in [-0.25, -0.2) is 43.5 Å². The number of aromatic nitrogens is 17. The van der Waals surface area contributed by atoms with E-state index < -0.39 is 0 Å². The van der Waals surface area contributed by atoms with Gasteiger partial charge < -0.3 is 4.40 Å². The van der Waals surface area contributed by atoms with Gasteiger partial charge in [0.1, 0.15) is 24.6 Å². The lowest BCUT2D eigenvalue weighted by atomic mass is 10.3. The highest BCUT2D eigenvalue weighted by Crippen LogP contribution is 2.15. The van der Waals surface area contributed by atoms with E-state index in [4.69, 9.17) is 0 Å². The number of fused-ring (bicyclic) bond motifs is 6. The van der Waals surface area contributed by atoms with Crippen molar-refractivity contribution in [2.24, 2.45) is 0 Å². The summed E-state index contributed by atoms with van der Waals surface area (Å²) in [6.45, 7) is 0. The van der Waals surface area contributed by atoms with E-state index in [0.717, 1.165) is 33.8 Å². The maximum absolute atomic E-state index is 4.14. The molecule has 0 fully saturated rings. The second kappa shape index (κ2) is 17.9. The number of imidazole rings is 2. The van der Waals surface area contributed by atoms with Gasteiger partial charge >= 0.3 is 0 Å². The highest BCUT2D eigenvalue weighted by atomic mass is 32.1. The van der Waals surface area contributed by atoms with Crippen LogP contribution in [0.5, 0.6) is 0 Å². The molecular weight excluding hydrogens is 703 g/mol. The van der Waals surface area contributed by atoms with Crippen LogP contribution in [0, 0.1) is 0 Å². The number of nitrogens with zero attached hydrogens (tertiary/aromatic N) is 17. The predicted molar refractivity (Wildman–Crippen MR) is 202 cm³/mol. The average Bonchev–Trinajstić information content (AvgIpc) is 4.09. The Morgan fingerprint density at radius 2 is 1.04 bits per heavy atom. The lowest BCUT2D eigenvalue weighted by molar-refractivity contribution is 0.799. The van der Waals surface area contributed by atoms with Gasteiger partial charge in [0.05, 0.1) is 21.9 Å². The molecule has 0 saturated heterocycles. The van der Waals surface area contributed by atoms with E-state index in [1.165, 1.54) is 28.3 Å². The fourth-order valence-electron chi connectivity index (χ4n) is 4.55. The largest absolute Gasteiger partial charge is 0.307 e. The number of rotatable bonds is 0. The van der Waals surface area contributed by atoms with Crippen LogP contribution in [0.1, 0.15) is 0 Å². The van der Waals surface area contributed by atoms with Crippen molar-refractivity contribution in [3.8, 4) is 0 Å². The van der Waals surface area contributed by atoms with Crippen LogP contribution < -0.4 is 0 Å². The summed E-state index contributed by atoms with van der Waals surface area (Å²) < 4.78 is 9.81. The summed E-state index contributed by atoms with van der Waals surface area (Å²) in [5.41, 5.74) is 7.29. The van der Waals surface area contributed by atoms with E-state index >= 15 is 0 Å². The zero-order valence-corrected chi connectivity index (χ0v) is 29.1. The van der Waals surface area contributed by atoms with Gasteiger partial charge in [0, 0.05) is 62.0 Å². The summed E-state index contributed by atoms with van der Waals surface area (Å²) in [5, 5.41) is 19.5. The van der Waals surface area contributed by atoms with E-state index in [0.29, 0.717) is 0 Å². The van der Waals surface area contributed by atoms with Crippen LogP contribution in [0.25, 0.3) is 38.5 Å². The van der Waals surface area contributed by atoms with Crippen molar-refractivity contribution in [2.45, 2.75) is 0 Å². The van der Waals surface area contributed by atoms with E-state index in [2.05, 4.69) is 66.4 Å². The normalized spacial score (nSPS) is 10.2. The highest BCUT2D eigenvalue weighted by Gasteiger charge is 1.92.